The molecule has 76 heavy (non-hydrogen) atoms. The molecule has 0 amide bonds. The van der Waals surface area contributed by atoms with Crippen molar-refractivity contribution < 1.29 is 116 Å². The van der Waals surface area contributed by atoms with E-state index in [1.165, 1.54) is 0 Å². The van der Waals surface area contributed by atoms with Gasteiger partial charge >= 0.3 is 49.4 Å². The van der Waals surface area contributed by atoms with Gasteiger partial charge in [-0.1, -0.05) is 36.4 Å². The molecule has 6 aromatic carbocycles. The number of alkyl halides is 24. The first-order valence-electron chi connectivity index (χ1n) is 21.3. The standard InChI is InChI=1S/C50H28F24O2/c51-43(52,53)31-11-27(12-32(19-31)44(54,55)56)41(75,28-13-33(45(57,58)59)20-34(14-28)46(60,61)62)39-9-23-1-5-25(39)8-4-24-2-6-26(7-3-23)40(10-24)42(76,29-15-35(47(63,64)65)21-36(16-29)48(66,67)68)30-17-37(49(69,70)71)22-38(18-30)50(72,73)74/h1-2,5-6,9-22,75-76H,3-4,7-8H2. The van der Waals surface area contributed by atoms with Crippen LogP contribution in [0.4, 0.5) is 105 Å². The van der Waals surface area contributed by atoms with Gasteiger partial charge in [-0.05, 0) is 154 Å². The molecule has 2 N–H and O–H groups in total. The Morgan fingerprint density at radius 1 is 0.224 bits per heavy atom. The fourth-order valence-corrected chi connectivity index (χ4v) is 8.84. The number of halogens is 24. The zero-order chi connectivity index (χ0) is 56.9. The van der Waals surface area contributed by atoms with E-state index in [0.29, 0.717) is 0 Å². The van der Waals surface area contributed by atoms with Gasteiger partial charge in [0.15, 0.2) is 0 Å². The van der Waals surface area contributed by atoms with E-state index in [-0.39, 0.29) is 59.7 Å². The van der Waals surface area contributed by atoms with Crippen molar-refractivity contribution in [1.29, 1.82) is 0 Å². The van der Waals surface area contributed by atoms with Gasteiger partial charge in [-0.2, -0.15) is 105 Å². The Labute approximate surface area is 410 Å². The summed E-state index contributed by atoms with van der Waals surface area (Å²) < 4.78 is 344. The number of hydrogen-bond donors (Lipinski definition) is 2. The molecule has 408 valence electrons. The average molecular weight is 1120 g/mol. The van der Waals surface area contributed by atoms with Crippen LogP contribution in [0.15, 0.2) is 109 Å². The Balaban J connectivity index is 1.54. The van der Waals surface area contributed by atoms with Gasteiger partial charge < -0.3 is 10.2 Å². The van der Waals surface area contributed by atoms with Crippen molar-refractivity contribution in [3.8, 4) is 0 Å². The van der Waals surface area contributed by atoms with E-state index in [9.17, 15) is 116 Å². The van der Waals surface area contributed by atoms with Crippen LogP contribution >= 0.6 is 0 Å². The van der Waals surface area contributed by atoms with Crippen LogP contribution < -0.4 is 0 Å². The predicted molar refractivity (Wildman–Crippen MR) is 218 cm³/mol. The van der Waals surface area contributed by atoms with Gasteiger partial charge in [0.1, 0.15) is 11.2 Å². The third-order valence-electron chi connectivity index (χ3n) is 12.5. The number of rotatable bonds is 6. The first-order valence-corrected chi connectivity index (χ1v) is 21.3. The molecule has 0 spiro atoms. The predicted octanol–water partition coefficient (Wildman–Crippen LogP) is 16.3. The van der Waals surface area contributed by atoms with Crippen LogP contribution in [0.5, 0.6) is 0 Å². The van der Waals surface area contributed by atoms with Gasteiger partial charge in [-0.15, -0.1) is 0 Å². The van der Waals surface area contributed by atoms with Gasteiger partial charge in [0.05, 0.1) is 44.5 Å². The molecular weight excluding hydrogens is 1090 g/mol. The molecule has 0 unspecified atom stereocenters. The molecule has 4 aliphatic rings. The first-order chi connectivity index (χ1) is 34.4. The molecule has 0 saturated heterocycles. The molecule has 0 aromatic heterocycles. The van der Waals surface area contributed by atoms with E-state index >= 15 is 0 Å². The lowest BCUT2D eigenvalue weighted by Crippen LogP contribution is -2.33. The van der Waals surface area contributed by atoms with E-state index < -0.39 is 200 Å². The van der Waals surface area contributed by atoms with Crippen molar-refractivity contribution in [1.82, 2.24) is 0 Å². The lowest BCUT2D eigenvalue weighted by molar-refractivity contribution is -0.145. The van der Waals surface area contributed by atoms with Crippen molar-refractivity contribution in [2.45, 2.75) is 86.3 Å². The lowest BCUT2D eigenvalue weighted by atomic mass is 9.73. The summed E-state index contributed by atoms with van der Waals surface area (Å²) in [6.45, 7) is 0. The molecule has 2 nitrogen and oxygen atoms in total. The summed E-state index contributed by atoms with van der Waals surface area (Å²) in [5, 5.41) is 25.6. The van der Waals surface area contributed by atoms with Crippen LogP contribution in [0.1, 0.15) is 100 Å². The first kappa shape index (κ1) is 57.3. The Morgan fingerprint density at radius 3 is 0.566 bits per heavy atom. The molecule has 0 heterocycles. The zero-order valence-corrected chi connectivity index (χ0v) is 37.2. The van der Waals surface area contributed by atoms with E-state index in [2.05, 4.69) is 0 Å². The monoisotopic (exact) mass is 1120 g/mol. The zero-order valence-electron chi connectivity index (χ0n) is 37.2. The molecule has 4 bridgehead atoms. The second kappa shape index (κ2) is 18.6. The van der Waals surface area contributed by atoms with Gasteiger partial charge in [-0.25, -0.2) is 0 Å². The smallest absolute Gasteiger partial charge is 0.376 e. The summed E-state index contributed by atoms with van der Waals surface area (Å²) in [6, 6.07) is 2.46. The summed E-state index contributed by atoms with van der Waals surface area (Å²) >= 11 is 0. The molecule has 26 heteroatoms. The highest BCUT2D eigenvalue weighted by atomic mass is 19.4. The van der Waals surface area contributed by atoms with Crippen LogP contribution in [0.3, 0.4) is 0 Å². The largest absolute Gasteiger partial charge is 0.416 e. The van der Waals surface area contributed by atoms with Gasteiger partial charge in [-0.3, -0.25) is 0 Å². The molecule has 0 saturated carbocycles. The Hall–Kier alpha value is -6.44. The minimum atomic E-state index is -5.74. The number of aliphatic hydroxyl groups is 2. The van der Waals surface area contributed by atoms with Crippen LogP contribution in [-0.2, 0) is 86.3 Å². The SMILES string of the molecule is OC(c1cc(C(F)(F)F)cc(C(F)(F)F)c1)(c1cc(C(F)(F)F)cc(C(F)(F)F)c1)c1cc2ccc1CCc1ccc(c(C(O)(c3cc(C(F)(F)F)cc(C(F)(F)F)c3)c3cc(C(F)(F)F)cc(C(F)(F)F)c3)c1)CC2. The Kier molecular flexibility index (Phi) is 14.0. The summed E-state index contributed by atoms with van der Waals surface area (Å²) in [6.07, 6.45) is -48.9. The maximum Gasteiger partial charge on any atom is 0.416 e. The van der Waals surface area contributed by atoms with Crippen LogP contribution in [0, 0.1) is 0 Å². The molecule has 0 radical (unpaired) electrons. The fraction of sp³-hybridized carbons (Fsp3) is 0.280. The molecule has 0 atom stereocenters. The second-order valence-corrected chi connectivity index (χ2v) is 17.6. The number of aryl methyl sites for hydroxylation is 4. The van der Waals surface area contributed by atoms with E-state index in [1.807, 2.05) is 0 Å². The van der Waals surface area contributed by atoms with E-state index in [1.54, 1.807) is 0 Å². The highest BCUT2D eigenvalue weighted by Gasteiger charge is 2.48. The third kappa shape index (κ3) is 11.5. The van der Waals surface area contributed by atoms with E-state index in [0.717, 1.165) is 36.4 Å². The number of benzene rings is 6. The van der Waals surface area contributed by atoms with Crippen LogP contribution in [-0.4, -0.2) is 10.2 Å². The maximum absolute atomic E-state index is 14.4. The number of hydrogen-bond acceptors (Lipinski definition) is 2. The van der Waals surface area contributed by atoms with Crippen molar-refractivity contribution in [3.05, 3.63) is 209 Å². The summed E-state index contributed by atoms with van der Waals surface area (Å²) in [7, 11) is 0. The normalized spacial score (nSPS) is 14.8. The van der Waals surface area contributed by atoms with Crippen molar-refractivity contribution in [3.63, 3.8) is 0 Å². The summed E-state index contributed by atoms with van der Waals surface area (Å²) in [5.74, 6) is 0. The second-order valence-electron chi connectivity index (χ2n) is 17.6. The molecule has 4 aliphatic carbocycles. The Bertz CT molecular complexity index is 2690. The van der Waals surface area contributed by atoms with Gasteiger partial charge in [0, 0.05) is 0 Å². The maximum atomic E-state index is 14.4. The fourth-order valence-electron chi connectivity index (χ4n) is 8.84. The molecule has 10 rings (SSSR count). The van der Waals surface area contributed by atoms with E-state index in [4.69, 9.17) is 0 Å². The van der Waals surface area contributed by atoms with Crippen molar-refractivity contribution in [2.24, 2.45) is 0 Å². The summed E-state index contributed by atoms with van der Waals surface area (Å²) in [5.41, 5.74) is -35.1. The highest BCUT2D eigenvalue weighted by molar-refractivity contribution is 5.58. The van der Waals surface area contributed by atoms with Gasteiger partial charge in [0.25, 0.3) is 0 Å². The van der Waals surface area contributed by atoms with Crippen molar-refractivity contribution in [2.75, 3.05) is 0 Å². The average Bonchev–Trinajstić information content (AvgIpc) is 3.28. The summed E-state index contributed by atoms with van der Waals surface area (Å²) in [4.78, 5) is 0. The highest BCUT2D eigenvalue weighted by Crippen LogP contribution is 2.50. The molecule has 0 fully saturated rings. The Morgan fingerprint density at radius 2 is 0.395 bits per heavy atom. The minimum absolute atomic E-state index is 0.163. The van der Waals surface area contributed by atoms with Gasteiger partial charge in [0.2, 0.25) is 0 Å². The van der Waals surface area contributed by atoms with Crippen LogP contribution in [0.25, 0.3) is 0 Å². The topological polar surface area (TPSA) is 40.5 Å². The molecule has 6 aromatic rings. The lowest BCUT2D eigenvalue weighted by Gasteiger charge is -2.35. The third-order valence-corrected chi connectivity index (χ3v) is 12.5. The van der Waals surface area contributed by atoms with Crippen molar-refractivity contribution >= 4 is 0 Å². The van der Waals surface area contributed by atoms with Crippen LogP contribution in [0.2, 0.25) is 0 Å². The quantitative estimate of drug-likeness (QED) is 0.129. The minimum Gasteiger partial charge on any atom is -0.376 e. The molecule has 0 aliphatic heterocycles. The molecular formula is C50H28F24O2.